The highest BCUT2D eigenvalue weighted by Gasteiger charge is 2.11. The molecule has 0 atom stereocenters. The molecular weight excluding hydrogens is 397 g/mol. The van der Waals surface area contributed by atoms with Crippen LogP contribution in [0.1, 0.15) is 45.6 Å². The maximum Gasteiger partial charge on any atom is 0.141 e. The Morgan fingerprint density at radius 3 is 2.50 bits per heavy atom. The van der Waals surface area contributed by atoms with Crippen molar-refractivity contribution in [2.75, 3.05) is 19.8 Å². The molecule has 0 fully saturated rings. The minimum atomic E-state index is 0.175. The lowest BCUT2D eigenvalue weighted by atomic mass is 10.1. The molecule has 0 unspecified atom stereocenters. The number of halogens is 3. The van der Waals surface area contributed by atoms with Crippen LogP contribution in [0.4, 0.5) is 0 Å². The molecule has 0 aromatic heterocycles. The SMILES string of the molecule is CCCc1cc(OCC=C(Cl)Cl)cc(Cl)c1OCCCCON=C(C)C. The zero-order valence-electron chi connectivity index (χ0n) is 15.5. The third-order valence-corrected chi connectivity index (χ3v) is 3.81. The van der Waals surface area contributed by atoms with Crippen LogP contribution in [0.3, 0.4) is 0 Å². The molecule has 0 amide bonds. The number of benzene rings is 1. The fraction of sp³-hybridized carbons (Fsp3) is 0.526. The maximum absolute atomic E-state index is 6.39. The second kappa shape index (κ2) is 13.1. The van der Waals surface area contributed by atoms with Gasteiger partial charge in [-0.15, -0.1) is 0 Å². The van der Waals surface area contributed by atoms with Gasteiger partial charge in [-0.2, -0.15) is 0 Å². The zero-order chi connectivity index (χ0) is 19.4. The maximum atomic E-state index is 6.39. The lowest BCUT2D eigenvalue weighted by Crippen LogP contribution is -2.04. The molecule has 146 valence electrons. The van der Waals surface area contributed by atoms with Crippen molar-refractivity contribution in [3.8, 4) is 11.5 Å². The monoisotopic (exact) mass is 421 g/mol. The van der Waals surface area contributed by atoms with Crippen molar-refractivity contribution in [1.29, 1.82) is 0 Å². The van der Waals surface area contributed by atoms with Crippen LogP contribution in [0.2, 0.25) is 5.02 Å². The summed E-state index contributed by atoms with van der Waals surface area (Å²) in [5.74, 6) is 1.38. The van der Waals surface area contributed by atoms with Crippen molar-refractivity contribution in [3.63, 3.8) is 0 Å². The summed E-state index contributed by atoms with van der Waals surface area (Å²) >= 11 is 17.6. The van der Waals surface area contributed by atoms with E-state index in [0.29, 0.717) is 24.0 Å². The first-order chi connectivity index (χ1) is 12.4. The van der Waals surface area contributed by atoms with E-state index >= 15 is 0 Å². The number of unbranched alkanes of at least 4 members (excludes halogenated alkanes) is 1. The Morgan fingerprint density at radius 1 is 1.12 bits per heavy atom. The van der Waals surface area contributed by atoms with Crippen molar-refractivity contribution in [3.05, 3.63) is 33.3 Å². The van der Waals surface area contributed by atoms with E-state index in [4.69, 9.17) is 49.1 Å². The predicted octanol–water partition coefficient (Wildman–Crippen LogP) is 6.56. The normalized spacial score (nSPS) is 10.2. The number of hydrogen-bond donors (Lipinski definition) is 0. The van der Waals surface area contributed by atoms with Crippen LogP contribution in [0.5, 0.6) is 11.5 Å². The summed E-state index contributed by atoms with van der Waals surface area (Å²) in [7, 11) is 0. The van der Waals surface area contributed by atoms with Gasteiger partial charge in [-0.05, 0) is 50.8 Å². The number of rotatable bonds is 12. The first kappa shape index (κ1) is 22.9. The van der Waals surface area contributed by atoms with Crippen molar-refractivity contribution >= 4 is 40.5 Å². The summed E-state index contributed by atoms with van der Waals surface area (Å²) < 4.78 is 11.7. The third kappa shape index (κ3) is 9.56. The van der Waals surface area contributed by atoms with E-state index in [9.17, 15) is 0 Å². The minimum absolute atomic E-state index is 0.175. The molecule has 26 heavy (non-hydrogen) atoms. The van der Waals surface area contributed by atoms with E-state index < -0.39 is 0 Å². The van der Waals surface area contributed by atoms with Crippen molar-refractivity contribution in [2.24, 2.45) is 5.16 Å². The molecule has 0 heterocycles. The fourth-order valence-electron chi connectivity index (χ4n) is 2.14. The number of aryl methyl sites for hydroxylation is 1. The van der Waals surface area contributed by atoms with E-state index in [2.05, 4.69) is 12.1 Å². The molecule has 0 saturated heterocycles. The second-order valence-electron chi connectivity index (χ2n) is 5.88. The van der Waals surface area contributed by atoms with Crippen LogP contribution in [0, 0.1) is 0 Å². The minimum Gasteiger partial charge on any atom is -0.492 e. The summed E-state index contributed by atoms with van der Waals surface area (Å²) in [4.78, 5) is 5.17. The average molecular weight is 423 g/mol. The average Bonchev–Trinajstić information content (AvgIpc) is 2.55. The predicted molar refractivity (Wildman–Crippen MR) is 110 cm³/mol. The number of ether oxygens (including phenoxy) is 2. The van der Waals surface area contributed by atoms with Crippen molar-refractivity contribution in [1.82, 2.24) is 0 Å². The molecule has 0 bridgehead atoms. The van der Waals surface area contributed by atoms with Crippen LogP contribution in [-0.4, -0.2) is 25.5 Å². The highest BCUT2D eigenvalue weighted by atomic mass is 35.5. The fourth-order valence-corrected chi connectivity index (χ4v) is 2.55. The molecule has 1 rings (SSSR count). The topological polar surface area (TPSA) is 40.0 Å². The van der Waals surface area contributed by atoms with Crippen LogP contribution < -0.4 is 9.47 Å². The first-order valence-corrected chi connectivity index (χ1v) is 9.79. The van der Waals surface area contributed by atoms with Crippen LogP contribution in [0.25, 0.3) is 0 Å². The largest absolute Gasteiger partial charge is 0.492 e. The van der Waals surface area contributed by atoms with E-state index in [1.165, 1.54) is 0 Å². The standard InChI is InChI=1S/C19H26Cl3NO3/c1-4-7-15-12-16(24-11-8-18(21)22)13-17(20)19(15)25-9-5-6-10-26-23-14(2)3/h8,12-13H,4-7,9-11H2,1-3H3. The summed E-state index contributed by atoms with van der Waals surface area (Å²) in [6, 6.07) is 3.69. The first-order valence-electron chi connectivity index (χ1n) is 8.66. The smallest absolute Gasteiger partial charge is 0.141 e. The molecule has 4 nitrogen and oxygen atoms in total. The van der Waals surface area contributed by atoms with Gasteiger partial charge in [-0.25, -0.2) is 0 Å². The molecule has 1 aromatic rings. The van der Waals surface area contributed by atoms with Gasteiger partial charge in [0.05, 0.1) is 17.3 Å². The molecule has 0 saturated carbocycles. The van der Waals surface area contributed by atoms with Crippen LogP contribution in [0.15, 0.2) is 27.9 Å². The van der Waals surface area contributed by atoms with E-state index in [-0.39, 0.29) is 11.1 Å². The molecule has 0 spiro atoms. The Kier molecular flexibility index (Phi) is 11.6. The molecule has 0 aliphatic carbocycles. The van der Waals surface area contributed by atoms with Crippen molar-refractivity contribution < 1.29 is 14.3 Å². The summed E-state index contributed by atoms with van der Waals surface area (Å²) in [6.45, 7) is 7.33. The van der Waals surface area contributed by atoms with E-state index in [1.54, 1.807) is 12.1 Å². The lowest BCUT2D eigenvalue weighted by Gasteiger charge is -2.15. The number of hydrogen-bond acceptors (Lipinski definition) is 4. The van der Waals surface area contributed by atoms with Crippen LogP contribution >= 0.6 is 34.8 Å². The molecule has 0 N–H and O–H groups in total. The van der Waals surface area contributed by atoms with Gasteiger partial charge in [0.1, 0.15) is 29.2 Å². The van der Waals surface area contributed by atoms with Gasteiger partial charge in [0.25, 0.3) is 0 Å². The summed E-state index contributed by atoms with van der Waals surface area (Å²) in [6.07, 6.45) is 5.13. The molecule has 0 aliphatic heterocycles. The van der Waals surface area contributed by atoms with Crippen molar-refractivity contribution in [2.45, 2.75) is 46.5 Å². The highest BCUT2D eigenvalue weighted by molar-refractivity contribution is 6.55. The Morgan fingerprint density at radius 2 is 1.85 bits per heavy atom. The zero-order valence-corrected chi connectivity index (χ0v) is 17.8. The van der Waals surface area contributed by atoms with Gasteiger partial charge < -0.3 is 14.3 Å². The lowest BCUT2D eigenvalue weighted by molar-refractivity contribution is 0.135. The Bertz CT molecular complexity index is 610. The van der Waals surface area contributed by atoms with Gasteiger partial charge in [-0.3, -0.25) is 0 Å². The van der Waals surface area contributed by atoms with E-state index in [0.717, 1.165) is 42.7 Å². The quantitative estimate of drug-likeness (QED) is 0.217. The Hall–Kier alpha value is -1.10. The van der Waals surface area contributed by atoms with Gasteiger partial charge in [0.2, 0.25) is 0 Å². The molecule has 0 radical (unpaired) electrons. The van der Waals surface area contributed by atoms with E-state index in [1.807, 2.05) is 19.9 Å². The van der Waals surface area contributed by atoms with Gasteiger partial charge in [0.15, 0.2) is 0 Å². The summed E-state index contributed by atoms with van der Waals surface area (Å²) in [5, 5.41) is 4.43. The highest BCUT2D eigenvalue weighted by Crippen LogP contribution is 2.34. The molecule has 1 aromatic carbocycles. The third-order valence-electron chi connectivity index (χ3n) is 3.22. The van der Waals surface area contributed by atoms with Gasteiger partial charge in [0, 0.05) is 6.07 Å². The van der Waals surface area contributed by atoms with Gasteiger partial charge in [-0.1, -0.05) is 53.3 Å². The Balaban J connectivity index is 2.60. The number of nitrogens with zero attached hydrogens (tertiary/aromatic N) is 1. The molecule has 7 heteroatoms. The molecule has 0 aliphatic rings. The molecular formula is C19H26Cl3NO3. The summed E-state index contributed by atoms with van der Waals surface area (Å²) in [5.41, 5.74) is 1.93. The van der Waals surface area contributed by atoms with Gasteiger partial charge >= 0.3 is 0 Å². The second-order valence-corrected chi connectivity index (χ2v) is 7.29. The Labute approximate surface area is 171 Å². The number of oxime groups is 1. The van der Waals surface area contributed by atoms with Crippen LogP contribution in [-0.2, 0) is 11.3 Å².